The van der Waals surface area contributed by atoms with Crippen LogP contribution in [0.15, 0.2) is 60.8 Å². The highest BCUT2D eigenvalue weighted by Gasteiger charge is 2.28. The Morgan fingerprint density at radius 3 is 2.81 bits per heavy atom. The van der Waals surface area contributed by atoms with E-state index < -0.39 is 0 Å². The first-order valence-corrected chi connectivity index (χ1v) is 9.19. The molecule has 138 valence electrons. The molecule has 0 radical (unpaired) electrons. The lowest BCUT2D eigenvalue weighted by atomic mass is 10.1. The Morgan fingerprint density at radius 1 is 1.15 bits per heavy atom. The highest BCUT2D eigenvalue weighted by atomic mass is 16.5. The van der Waals surface area contributed by atoms with Gasteiger partial charge in [0.2, 0.25) is 0 Å². The van der Waals surface area contributed by atoms with Crippen LogP contribution >= 0.6 is 0 Å². The maximum absolute atomic E-state index is 12.9. The lowest BCUT2D eigenvalue weighted by Gasteiger charge is -2.19. The quantitative estimate of drug-likeness (QED) is 0.712. The van der Waals surface area contributed by atoms with Crippen molar-refractivity contribution >= 4 is 22.5 Å². The number of para-hydroxylation sites is 1. The molecule has 1 fully saturated rings. The number of pyridine rings is 1. The fourth-order valence-corrected chi connectivity index (χ4v) is 3.46. The van der Waals surface area contributed by atoms with Crippen molar-refractivity contribution in [3.63, 3.8) is 0 Å². The van der Waals surface area contributed by atoms with Gasteiger partial charge in [-0.1, -0.05) is 24.3 Å². The van der Waals surface area contributed by atoms with Crippen LogP contribution in [0.1, 0.15) is 16.8 Å². The van der Waals surface area contributed by atoms with Crippen molar-refractivity contribution in [2.75, 3.05) is 32.1 Å². The number of hydrogen-bond donors (Lipinski definition) is 0. The van der Waals surface area contributed by atoms with Crippen LogP contribution in [0.3, 0.4) is 0 Å². The van der Waals surface area contributed by atoms with Crippen molar-refractivity contribution in [3.05, 3.63) is 66.4 Å². The second-order valence-corrected chi connectivity index (χ2v) is 7.06. The number of carbonyl (C=O) groups excluding carboxylic acids is 1. The van der Waals surface area contributed by atoms with Crippen LogP contribution in [-0.4, -0.2) is 49.1 Å². The summed E-state index contributed by atoms with van der Waals surface area (Å²) in [4.78, 5) is 21.2. The number of aromatic nitrogens is 1. The Bertz CT molecular complexity index is 965. The van der Waals surface area contributed by atoms with Gasteiger partial charge in [-0.15, -0.1) is 0 Å². The summed E-state index contributed by atoms with van der Waals surface area (Å²) in [6.07, 6.45) is 2.58. The second kappa shape index (κ2) is 7.27. The summed E-state index contributed by atoms with van der Waals surface area (Å²) < 4.78 is 6.20. The summed E-state index contributed by atoms with van der Waals surface area (Å²) in [6, 6.07) is 17.6. The first-order valence-electron chi connectivity index (χ1n) is 9.19. The molecule has 1 amide bonds. The third-order valence-corrected chi connectivity index (χ3v) is 4.93. The first kappa shape index (κ1) is 17.3. The highest BCUT2D eigenvalue weighted by molar-refractivity contribution is 5.95. The topological polar surface area (TPSA) is 45.7 Å². The lowest BCUT2D eigenvalue weighted by Crippen LogP contribution is -2.31. The molecule has 1 aliphatic rings. The average molecular weight is 361 g/mol. The van der Waals surface area contributed by atoms with E-state index in [0.717, 1.165) is 28.8 Å². The fraction of sp³-hybridized carbons (Fsp3) is 0.273. The van der Waals surface area contributed by atoms with Crippen molar-refractivity contribution in [2.45, 2.75) is 12.5 Å². The minimum absolute atomic E-state index is 0.0152. The molecule has 1 atom stereocenters. The SMILES string of the molecule is CN(C)c1cccc(C(=O)N2CC[C@H](Oc3cccc4cccnc34)C2)c1. The minimum Gasteiger partial charge on any atom is -0.486 e. The van der Waals surface area contributed by atoms with E-state index in [1.165, 1.54) is 0 Å². The standard InChI is InChI=1S/C22H23N3O2/c1-24(2)18-9-3-7-17(14-18)22(26)25-13-11-19(15-25)27-20-10-4-6-16-8-5-12-23-21(16)20/h3-10,12,14,19H,11,13,15H2,1-2H3/t19-/m0/s1. The van der Waals surface area contributed by atoms with E-state index in [2.05, 4.69) is 4.98 Å². The number of rotatable bonds is 4. The second-order valence-electron chi connectivity index (χ2n) is 7.06. The van der Waals surface area contributed by atoms with Crippen LogP contribution in [0, 0.1) is 0 Å². The van der Waals surface area contributed by atoms with Gasteiger partial charge in [0.25, 0.3) is 5.91 Å². The van der Waals surface area contributed by atoms with E-state index in [4.69, 9.17) is 4.74 Å². The monoisotopic (exact) mass is 361 g/mol. The predicted octanol–water partition coefficient (Wildman–Crippen LogP) is 3.59. The largest absolute Gasteiger partial charge is 0.486 e. The summed E-state index contributed by atoms with van der Waals surface area (Å²) in [6.45, 7) is 1.29. The van der Waals surface area contributed by atoms with Gasteiger partial charge in [-0.3, -0.25) is 9.78 Å². The number of ether oxygens (including phenoxy) is 1. The van der Waals surface area contributed by atoms with Crippen molar-refractivity contribution < 1.29 is 9.53 Å². The van der Waals surface area contributed by atoms with Gasteiger partial charge in [0.15, 0.2) is 0 Å². The average Bonchev–Trinajstić information content (AvgIpc) is 3.16. The summed E-state index contributed by atoms with van der Waals surface area (Å²) >= 11 is 0. The third-order valence-electron chi connectivity index (χ3n) is 4.93. The van der Waals surface area contributed by atoms with E-state index in [1.54, 1.807) is 6.20 Å². The molecule has 1 aliphatic heterocycles. The van der Waals surface area contributed by atoms with Gasteiger partial charge in [-0.25, -0.2) is 0 Å². The summed E-state index contributed by atoms with van der Waals surface area (Å²) in [5.41, 5.74) is 2.60. The Balaban J connectivity index is 1.47. The zero-order valence-electron chi connectivity index (χ0n) is 15.6. The van der Waals surface area contributed by atoms with Gasteiger partial charge in [0.05, 0.1) is 6.54 Å². The van der Waals surface area contributed by atoms with E-state index in [0.29, 0.717) is 18.7 Å². The van der Waals surface area contributed by atoms with Crippen molar-refractivity contribution in [2.24, 2.45) is 0 Å². The van der Waals surface area contributed by atoms with E-state index >= 15 is 0 Å². The van der Waals surface area contributed by atoms with Crippen molar-refractivity contribution in [3.8, 4) is 5.75 Å². The molecule has 0 N–H and O–H groups in total. The van der Waals surface area contributed by atoms with Gasteiger partial charge in [0.1, 0.15) is 17.4 Å². The molecule has 0 unspecified atom stereocenters. The molecule has 0 saturated carbocycles. The molecule has 0 spiro atoms. The molecule has 4 rings (SSSR count). The van der Waals surface area contributed by atoms with Crippen molar-refractivity contribution in [1.29, 1.82) is 0 Å². The number of likely N-dealkylation sites (tertiary alicyclic amines) is 1. The van der Waals surface area contributed by atoms with Gasteiger partial charge in [0, 0.05) is 49.9 Å². The number of hydrogen-bond acceptors (Lipinski definition) is 4. The normalized spacial score (nSPS) is 16.5. The van der Waals surface area contributed by atoms with Crippen LogP contribution in [0.4, 0.5) is 5.69 Å². The number of anilines is 1. The zero-order valence-corrected chi connectivity index (χ0v) is 15.6. The van der Waals surface area contributed by atoms with Crippen LogP contribution in [0.2, 0.25) is 0 Å². The third kappa shape index (κ3) is 3.58. The van der Waals surface area contributed by atoms with Gasteiger partial charge in [-0.2, -0.15) is 0 Å². The van der Waals surface area contributed by atoms with Crippen LogP contribution < -0.4 is 9.64 Å². The number of nitrogens with zero attached hydrogens (tertiary/aromatic N) is 3. The maximum atomic E-state index is 12.9. The zero-order chi connectivity index (χ0) is 18.8. The van der Waals surface area contributed by atoms with Crippen LogP contribution in [0.5, 0.6) is 5.75 Å². The highest BCUT2D eigenvalue weighted by Crippen LogP contribution is 2.27. The van der Waals surface area contributed by atoms with E-state index in [1.807, 2.05) is 78.5 Å². The molecule has 1 aromatic heterocycles. The smallest absolute Gasteiger partial charge is 0.254 e. The molecule has 2 aromatic carbocycles. The summed E-state index contributed by atoms with van der Waals surface area (Å²) in [5, 5.41) is 1.06. The molecule has 3 aromatic rings. The predicted molar refractivity (Wildman–Crippen MR) is 107 cm³/mol. The van der Waals surface area contributed by atoms with E-state index in [-0.39, 0.29) is 12.0 Å². The molecule has 5 nitrogen and oxygen atoms in total. The number of fused-ring (bicyclic) bond motifs is 1. The van der Waals surface area contributed by atoms with Crippen LogP contribution in [-0.2, 0) is 0 Å². The maximum Gasteiger partial charge on any atom is 0.254 e. The Labute approximate surface area is 159 Å². The molecule has 27 heavy (non-hydrogen) atoms. The van der Waals surface area contributed by atoms with Crippen LogP contribution in [0.25, 0.3) is 10.9 Å². The number of amides is 1. The number of benzene rings is 2. The lowest BCUT2D eigenvalue weighted by molar-refractivity contribution is 0.0773. The van der Waals surface area contributed by atoms with Gasteiger partial charge in [-0.05, 0) is 30.3 Å². The molecule has 5 heteroatoms. The molecular weight excluding hydrogens is 338 g/mol. The Morgan fingerprint density at radius 2 is 1.96 bits per heavy atom. The molecule has 0 bridgehead atoms. The summed E-state index contributed by atoms with van der Waals surface area (Å²) in [5.74, 6) is 0.836. The molecule has 2 heterocycles. The van der Waals surface area contributed by atoms with Gasteiger partial charge < -0.3 is 14.5 Å². The first-order chi connectivity index (χ1) is 13.1. The molecule has 0 aliphatic carbocycles. The molecular formula is C22H23N3O2. The van der Waals surface area contributed by atoms with E-state index in [9.17, 15) is 4.79 Å². The summed E-state index contributed by atoms with van der Waals surface area (Å²) in [7, 11) is 3.95. The van der Waals surface area contributed by atoms with Crippen molar-refractivity contribution in [1.82, 2.24) is 9.88 Å². The fourth-order valence-electron chi connectivity index (χ4n) is 3.46. The number of carbonyl (C=O) groups is 1. The minimum atomic E-state index is -0.0152. The Kier molecular flexibility index (Phi) is 4.67. The van der Waals surface area contributed by atoms with Gasteiger partial charge >= 0.3 is 0 Å². The Hall–Kier alpha value is -3.08. The molecule has 1 saturated heterocycles.